The molecule has 0 radical (unpaired) electrons. The van der Waals surface area contributed by atoms with Gasteiger partial charge in [0.2, 0.25) is 0 Å². The highest BCUT2D eigenvalue weighted by Crippen LogP contribution is 2.55. The first-order valence-electron chi connectivity index (χ1n) is 12.4. The molecule has 1 saturated carbocycles. The number of alkyl halides is 3. The summed E-state index contributed by atoms with van der Waals surface area (Å²) in [5.74, 6) is 4.58. The third-order valence-corrected chi connectivity index (χ3v) is 8.28. The predicted octanol–water partition coefficient (Wildman–Crippen LogP) is 8.05. The van der Waals surface area contributed by atoms with Crippen LogP contribution in [0.2, 0.25) is 5.02 Å². The van der Waals surface area contributed by atoms with Gasteiger partial charge in [-0.2, -0.15) is 13.2 Å². The molecule has 11 heteroatoms. The molecule has 1 atom stereocenters. The van der Waals surface area contributed by atoms with Gasteiger partial charge in [0.05, 0.1) is 18.9 Å². The number of fused-ring (bicyclic) bond motifs is 1. The molecule has 6 nitrogen and oxygen atoms in total. The lowest BCUT2D eigenvalue weighted by molar-refractivity contribution is -0.240. The second-order valence-electron chi connectivity index (χ2n) is 9.45. The highest BCUT2D eigenvalue weighted by Gasteiger charge is 2.63. The fourth-order valence-corrected chi connectivity index (χ4v) is 5.81. The molecule has 40 heavy (non-hydrogen) atoms. The van der Waals surface area contributed by atoms with E-state index in [0.717, 1.165) is 11.0 Å². The van der Waals surface area contributed by atoms with Crippen LogP contribution in [0, 0.1) is 17.8 Å². The largest absolute Gasteiger partial charge is 0.445 e. The molecule has 0 aromatic heterocycles. The molecule has 0 N–H and O–H groups in total. The Morgan fingerprint density at radius 2 is 1.55 bits per heavy atom. The molecule has 2 aliphatic rings. The van der Waals surface area contributed by atoms with Gasteiger partial charge in [0.25, 0.3) is 5.60 Å². The Labute approximate surface area is 234 Å². The second-order valence-corrected chi connectivity index (χ2v) is 11.9. The van der Waals surface area contributed by atoms with Crippen molar-refractivity contribution < 1.29 is 36.3 Å². The van der Waals surface area contributed by atoms with Crippen LogP contribution in [0.5, 0.6) is 0 Å². The third-order valence-electron chi connectivity index (χ3n) is 6.37. The van der Waals surface area contributed by atoms with Crippen molar-refractivity contribution >= 4 is 31.0 Å². The molecule has 1 aliphatic carbocycles. The third kappa shape index (κ3) is 6.21. The van der Waals surface area contributed by atoms with Crippen LogP contribution in [0.1, 0.15) is 29.5 Å². The van der Waals surface area contributed by atoms with Crippen LogP contribution in [-0.4, -0.2) is 18.6 Å². The number of cyclic esters (lactones) is 1. The fraction of sp³-hybridized carbons (Fsp3) is 0.276. The van der Waals surface area contributed by atoms with Crippen LogP contribution in [0.25, 0.3) is 0 Å². The average Bonchev–Trinajstić information content (AvgIpc) is 3.77. The number of halogens is 4. The summed E-state index contributed by atoms with van der Waals surface area (Å²) < 4.78 is 74.4. The van der Waals surface area contributed by atoms with Crippen molar-refractivity contribution in [3.8, 4) is 11.8 Å². The number of carbonyl (C=O) groups is 1. The number of rotatable bonds is 8. The van der Waals surface area contributed by atoms with Crippen LogP contribution in [-0.2, 0) is 37.2 Å². The van der Waals surface area contributed by atoms with Crippen molar-refractivity contribution in [2.75, 3.05) is 11.2 Å². The van der Waals surface area contributed by atoms with E-state index in [0.29, 0.717) is 24.0 Å². The van der Waals surface area contributed by atoms with Crippen molar-refractivity contribution in [3.63, 3.8) is 0 Å². The van der Waals surface area contributed by atoms with E-state index in [9.17, 15) is 22.5 Å². The lowest BCUT2D eigenvalue weighted by atomic mass is 9.89. The molecule has 1 amide bonds. The first kappa shape index (κ1) is 28.3. The molecule has 0 spiro atoms. The van der Waals surface area contributed by atoms with E-state index in [1.165, 1.54) is 12.1 Å². The number of carbonyl (C=O) groups excluding carboxylic acids is 1. The van der Waals surface area contributed by atoms with Crippen molar-refractivity contribution in [1.29, 1.82) is 0 Å². The minimum Gasteiger partial charge on any atom is -0.415 e. The van der Waals surface area contributed by atoms with Crippen molar-refractivity contribution in [1.82, 2.24) is 0 Å². The Hall–Kier alpha value is -3.28. The Morgan fingerprint density at radius 3 is 2.08 bits per heavy atom. The molecule has 3 aromatic rings. The summed E-state index contributed by atoms with van der Waals surface area (Å²) in [4.78, 5) is 14.1. The first-order valence-corrected chi connectivity index (χ1v) is 14.6. The summed E-state index contributed by atoms with van der Waals surface area (Å²) in [7, 11) is -4.15. The number of benzene rings is 3. The van der Waals surface area contributed by atoms with Gasteiger partial charge in [-0.1, -0.05) is 78.2 Å². The predicted molar refractivity (Wildman–Crippen MR) is 144 cm³/mol. The van der Waals surface area contributed by atoms with Crippen LogP contribution in [0.4, 0.5) is 23.7 Å². The monoisotopic (exact) mass is 589 g/mol. The Kier molecular flexibility index (Phi) is 7.98. The summed E-state index contributed by atoms with van der Waals surface area (Å²) in [6.45, 7) is -0.245. The van der Waals surface area contributed by atoms with E-state index in [2.05, 4.69) is 11.8 Å². The van der Waals surface area contributed by atoms with Crippen LogP contribution in [0.15, 0.2) is 78.9 Å². The van der Waals surface area contributed by atoms with Crippen molar-refractivity contribution in [3.05, 3.63) is 101 Å². The maximum absolute atomic E-state index is 14.6. The van der Waals surface area contributed by atoms with Gasteiger partial charge >= 0.3 is 19.9 Å². The number of hydrogen-bond acceptors (Lipinski definition) is 5. The van der Waals surface area contributed by atoms with Gasteiger partial charge in [-0.25, -0.2) is 4.79 Å². The topological polar surface area (TPSA) is 65.1 Å². The minimum atomic E-state index is -5.08. The molecule has 0 bridgehead atoms. The van der Waals surface area contributed by atoms with Crippen molar-refractivity contribution in [2.45, 2.75) is 37.8 Å². The molecular formula is C29H24ClF3NO5P. The molecule has 1 aliphatic heterocycles. The van der Waals surface area contributed by atoms with Gasteiger partial charge in [-0.05, 0) is 48.1 Å². The van der Waals surface area contributed by atoms with Crippen LogP contribution in [0.3, 0.4) is 0 Å². The van der Waals surface area contributed by atoms with Gasteiger partial charge in [-0.15, -0.1) is 0 Å². The smallest absolute Gasteiger partial charge is 0.415 e. The lowest BCUT2D eigenvalue weighted by Crippen LogP contribution is -2.53. The van der Waals surface area contributed by atoms with E-state index < -0.39 is 37.3 Å². The number of nitrogens with zero attached hydrogens (tertiary/aromatic N) is 1. The minimum absolute atomic E-state index is 0.0117. The molecule has 3 aromatic carbocycles. The fourth-order valence-electron chi connectivity index (χ4n) is 4.09. The van der Waals surface area contributed by atoms with Gasteiger partial charge in [0.15, 0.2) is 0 Å². The molecule has 0 unspecified atom stereocenters. The van der Waals surface area contributed by atoms with Gasteiger partial charge in [-0.3, -0.25) is 9.46 Å². The maximum Gasteiger partial charge on any atom is 0.445 e. The van der Waals surface area contributed by atoms with E-state index >= 15 is 0 Å². The Bertz CT molecular complexity index is 1440. The van der Waals surface area contributed by atoms with E-state index in [4.69, 9.17) is 25.4 Å². The SMILES string of the molecule is O=C1O[C@](C#CC2CC2)(C(F)(F)F)c2cc(Cl)ccc2N1CP(=O)(OCc1ccccc1)OCc1ccccc1. The summed E-state index contributed by atoms with van der Waals surface area (Å²) >= 11 is 6.10. The number of anilines is 1. The zero-order chi connectivity index (χ0) is 28.4. The summed E-state index contributed by atoms with van der Waals surface area (Å²) in [5, 5.41) is -0.0117. The van der Waals surface area contributed by atoms with Gasteiger partial charge < -0.3 is 13.8 Å². The molecule has 5 rings (SSSR count). The quantitative estimate of drug-likeness (QED) is 0.196. The van der Waals surface area contributed by atoms with E-state index in [1.807, 2.05) is 0 Å². The molecule has 0 saturated heterocycles. The van der Waals surface area contributed by atoms with Crippen LogP contribution >= 0.6 is 19.2 Å². The average molecular weight is 590 g/mol. The Balaban J connectivity index is 1.51. The second kappa shape index (κ2) is 11.3. The maximum atomic E-state index is 14.6. The van der Waals surface area contributed by atoms with E-state index in [1.54, 1.807) is 60.7 Å². The molecule has 208 valence electrons. The van der Waals surface area contributed by atoms with Gasteiger partial charge in [0.1, 0.15) is 6.29 Å². The standard InChI is InChI=1S/C29H24ClF3NO5P/c30-24-13-14-26-25(17-24)28(29(31,32)33,16-15-21-11-12-21)39-27(35)34(26)20-40(36,37-18-22-7-3-1-4-8-22)38-19-23-9-5-2-6-10-23/h1-10,13-14,17,21H,11-12,18-20H2/t28-/m0/s1. The zero-order valence-electron chi connectivity index (χ0n) is 21.1. The molecular weight excluding hydrogens is 566 g/mol. The zero-order valence-corrected chi connectivity index (χ0v) is 22.7. The molecule has 1 fully saturated rings. The van der Waals surface area contributed by atoms with Crippen LogP contribution < -0.4 is 4.90 Å². The lowest BCUT2D eigenvalue weighted by Gasteiger charge is -2.40. The number of hydrogen-bond donors (Lipinski definition) is 0. The van der Waals surface area contributed by atoms with Crippen molar-refractivity contribution in [2.24, 2.45) is 5.92 Å². The van der Waals surface area contributed by atoms with E-state index in [-0.39, 0.29) is 29.8 Å². The van der Waals surface area contributed by atoms with Gasteiger partial charge in [0, 0.05) is 16.5 Å². The summed E-state index contributed by atoms with van der Waals surface area (Å²) in [5.41, 5.74) is -2.53. The number of amides is 1. The Morgan fingerprint density at radius 1 is 0.975 bits per heavy atom. The summed E-state index contributed by atoms with van der Waals surface area (Å²) in [6.07, 6.45) is -5.82. The first-order chi connectivity index (χ1) is 19.1. The summed E-state index contributed by atoms with van der Waals surface area (Å²) in [6, 6.07) is 21.4. The molecule has 1 heterocycles. The number of ether oxygens (including phenoxy) is 1. The highest BCUT2D eigenvalue weighted by atomic mass is 35.5. The normalized spacial score (nSPS) is 18.9. The highest BCUT2D eigenvalue weighted by molar-refractivity contribution is 7.54.